The maximum atomic E-state index is 12.7. The Labute approximate surface area is 179 Å². The van der Waals surface area contributed by atoms with Crippen molar-refractivity contribution in [3.8, 4) is 0 Å². The molecule has 9 atom stereocenters. The highest BCUT2D eigenvalue weighted by Gasteiger charge is 2.70. The fourth-order valence-electron chi connectivity index (χ4n) is 9.56. The van der Waals surface area contributed by atoms with E-state index in [-0.39, 0.29) is 16.7 Å². The molecule has 0 radical (unpaired) electrons. The van der Waals surface area contributed by atoms with Crippen molar-refractivity contribution in [1.29, 1.82) is 0 Å². The summed E-state index contributed by atoms with van der Waals surface area (Å²) < 4.78 is 5.11. The van der Waals surface area contributed by atoms with Crippen molar-refractivity contribution in [2.75, 3.05) is 0 Å². The monoisotopic (exact) mass is 418 g/mol. The first-order valence-electron chi connectivity index (χ1n) is 11.9. The summed E-state index contributed by atoms with van der Waals surface area (Å²) in [6, 6.07) is 0. The van der Waals surface area contributed by atoms with Crippen molar-refractivity contribution in [2.45, 2.75) is 98.1 Å². The zero-order chi connectivity index (χ0) is 21.9. The molecular formula is C25H38O5. The first-order valence-corrected chi connectivity index (χ1v) is 11.9. The smallest absolute Gasteiger partial charge is 0.337 e. The van der Waals surface area contributed by atoms with Crippen LogP contribution in [0.25, 0.3) is 0 Å². The first-order chi connectivity index (χ1) is 13.9. The molecule has 5 heteroatoms. The Kier molecular flexibility index (Phi) is 4.27. The minimum atomic E-state index is -1.38. The van der Waals surface area contributed by atoms with Gasteiger partial charge in [-0.2, -0.15) is 0 Å². The maximum absolute atomic E-state index is 12.7. The summed E-state index contributed by atoms with van der Waals surface area (Å²) in [5.74, 6) is 0.403. The second-order valence-electron chi connectivity index (χ2n) is 12.4. The van der Waals surface area contributed by atoms with Crippen molar-refractivity contribution >= 4 is 5.97 Å². The number of aliphatic hydroxyl groups is 3. The van der Waals surface area contributed by atoms with Crippen molar-refractivity contribution in [1.82, 2.24) is 0 Å². The Bertz CT molecular complexity index is 816. The number of aliphatic hydroxyl groups excluding tert-OH is 3. The van der Waals surface area contributed by atoms with Crippen molar-refractivity contribution < 1.29 is 24.9 Å². The van der Waals surface area contributed by atoms with Gasteiger partial charge in [0.1, 0.15) is 0 Å². The van der Waals surface area contributed by atoms with Crippen molar-refractivity contribution in [2.24, 2.45) is 39.4 Å². The van der Waals surface area contributed by atoms with Gasteiger partial charge in [-0.3, -0.25) is 0 Å². The number of esters is 1. The average molecular weight is 419 g/mol. The van der Waals surface area contributed by atoms with Gasteiger partial charge in [-0.05, 0) is 72.5 Å². The lowest BCUT2D eigenvalue weighted by Gasteiger charge is -2.70. The van der Waals surface area contributed by atoms with Crippen LogP contribution in [0.1, 0.15) is 79.6 Å². The molecule has 1 aliphatic heterocycles. The highest BCUT2D eigenvalue weighted by Crippen LogP contribution is 2.73. The predicted molar refractivity (Wildman–Crippen MR) is 112 cm³/mol. The minimum absolute atomic E-state index is 0.0202. The molecular weight excluding hydrogens is 380 g/mol. The Morgan fingerprint density at radius 3 is 2.23 bits per heavy atom. The van der Waals surface area contributed by atoms with Gasteiger partial charge in [-0.1, -0.05) is 41.0 Å². The summed E-state index contributed by atoms with van der Waals surface area (Å²) in [6.07, 6.45) is 4.07. The van der Waals surface area contributed by atoms with Gasteiger partial charge in [0.2, 0.25) is 6.29 Å². The van der Waals surface area contributed by atoms with Crippen molar-refractivity contribution in [3.05, 3.63) is 11.1 Å². The standard InChI is InChI=1S/C25H38O5/c1-22(2)8-6-9-23(3)14(22)7-10-24(4)15(23)12-17(27)25(5)16(24)11-13(26)18-19(25)21(29)30-20(18)28/h13-17,20,26-28H,6-12H2,1-5H3/t13-,14+,15-,16+,17-,20-,23+,24-,25-/m1/s1. The predicted octanol–water partition coefficient (Wildman–Crippen LogP) is 3.56. The topological polar surface area (TPSA) is 87.0 Å². The highest BCUT2D eigenvalue weighted by molar-refractivity contribution is 5.94. The molecule has 0 spiro atoms. The second kappa shape index (κ2) is 6.11. The van der Waals surface area contributed by atoms with Crippen LogP contribution in [-0.2, 0) is 9.53 Å². The molecule has 30 heavy (non-hydrogen) atoms. The summed E-state index contributed by atoms with van der Waals surface area (Å²) in [7, 11) is 0. The SMILES string of the molecule is CC1(C)CCC[C@]2(C)[C@H]3C[C@@H](O)[C@]4(C)C5=C([C@H](O)C[C@H]4[C@]3(C)CC[C@@H]12)[C@H](O)OC5=O. The van der Waals surface area contributed by atoms with E-state index in [0.717, 1.165) is 12.8 Å². The Morgan fingerprint density at radius 2 is 1.53 bits per heavy atom. The van der Waals surface area contributed by atoms with E-state index in [9.17, 15) is 20.1 Å². The van der Waals surface area contributed by atoms with Gasteiger partial charge in [-0.15, -0.1) is 0 Å². The molecule has 0 amide bonds. The van der Waals surface area contributed by atoms with E-state index in [1.807, 2.05) is 6.92 Å². The molecule has 168 valence electrons. The van der Waals surface area contributed by atoms with Crippen molar-refractivity contribution in [3.63, 3.8) is 0 Å². The summed E-state index contributed by atoms with van der Waals surface area (Å²) in [5, 5.41) is 32.8. The molecule has 4 aliphatic carbocycles. The minimum Gasteiger partial charge on any atom is -0.428 e. The first kappa shape index (κ1) is 21.0. The second-order valence-corrected chi connectivity index (χ2v) is 12.4. The molecule has 0 saturated heterocycles. The lowest BCUT2D eigenvalue weighted by atomic mass is 9.35. The van der Waals surface area contributed by atoms with E-state index in [1.54, 1.807) is 0 Å². The van der Waals surface area contributed by atoms with Gasteiger partial charge in [0, 0.05) is 11.0 Å². The molecule has 0 unspecified atom stereocenters. The van der Waals surface area contributed by atoms with Crippen LogP contribution in [0.15, 0.2) is 11.1 Å². The zero-order valence-corrected chi connectivity index (χ0v) is 19.1. The molecule has 3 N–H and O–H groups in total. The molecule has 5 nitrogen and oxygen atoms in total. The highest BCUT2D eigenvalue weighted by atomic mass is 16.6. The van der Waals surface area contributed by atoms with Crippen LogP contribution in [-0.4, -0.2) is 39.8 Å². The van der Waals surface area contributed by atoms with Crippen LogP contribution in [0, 0.1) is 39.4 Å². The number of hydrogen-bond donors (Lipinski definition) is 3. The lowest BCUT2D eigenvalue weighted by Crippen LogP contribution is -2.66. The molecule has 0 aromatic heterocycles. The normalized spacial score (nSPS) is 54.6. The van der Waals surface area contributed by atoms with E-state index in [1.165, 1.54) is 19.3 Å². The van der Waals surface area contributed by atoms with Gasteiger partial charge >= 0.3 is 5.97 Å². The third kappa shape index (κ3) is 2.32. The molecule has 0 aromatic carbocycles. The van der Waals surface area contributed by atoms with Crippen LogP contribution in [0.5, 0.6) is 0 Å². The number of ether oxygens (including phenoxy) is 1. The molecule has 0 bridgehead atoms. The zero-order valence-electron chi connectivity index (χ0n) is 19.1. The van der Waals surface area contributed by atoms with E-state index in [0.29, 0.717) is 41.2 Å². The summed E-state index contributed by atoms with van der Waals surface area (Å²) in [4.78, 5) is 12.7. The van der Waals surface area contributed by atoms with E-state index in [2.05, 4.69) is 27.7 Å². The van der Waals surface area contributed by atoms with Crippen LogP contribution in [0.4, 0.5) is 0 Å². The number of carbonyl (C=O) groups excluding carboxylic acids is 1. The van der Waals surface area contributed by atoms with E-state index in [4.69, 9.17) is 4.74 Å². The summed E-state index contributed by atoms with van der Waals surface area (Å²) in [6.45, 7) is 11.6. The number of carbonyl (C=O) groups is 1. The van der Waals surface area contributed by atoms with Crippen LogP contribution < -0.4 is 0 Å². The van der Waals surface area contributed by atoms with Gasteiger partial charge in [0.05, 0.1) is 17.8 Å². The molecule has 1 heterocycles. The lowest BCUT2D eigenvalue weighted by molar-refractivity contribution is -0.222. The van der Waals surface area contributed by atoms with E-state index >= 15 is 0 Å². The molecule has 5 aliphatic rings. The molecule has 5 rings (SSSR count). The fraction of sp³-hybridized carbons (Fsp3) is 0.880. The van der Waals surface area contributed by atoms with Crippen LogP contribution in [0.3, 0.4) is 0 Å². The van der Waals surface area contributed by atoms with Gasteiger partial charge in [0.25, 0.3) is 0 Å². The Hall–Kier alpha value is -0.910. The fourth-order valence-corrected chi connectivity index (χ4v) is 9.56. The summed E-state index contributed by atoms with van der Waals surface area (Å²) >= 11 is 0. The number of fused-ring (bicyclic) bond motifs is 6. The van der Waals surface area contributed by atoms with Crippen LogP contribution >= 0.6 is 0 Å². The van der Waals surface area contributed by atoms with E-state index < -0.39 is 29.9 Å². The average Bonchev–Trinajstić information content (AvgIpc) is 2.95. The number of hydrogen-bond acceptors (Lipinski definition) is 5. The number of cyclic esters (lactones) is 1. The molecule has 3 saturated carbocycles. The van der Waals surface area contributed by atoms with Crippen LogP contribution in [0.2, 0.25) is 0 Å². The molecule has 0 aromatic rings. The Balaban J connectivity index is 1.63. The van der Waals surface area contributed by atoms with Gasteiger partial charge < -0.3 is 20.1 Å². The summed E-state index contributed by atoms with van der Waals surface area (Å²) in [5.41, 5.74) is 0.246. The number of rotatable bonds is 0. The maximum Gasteiger partial charge on any atom is 0.337 e. The van der Waals surface area contributed by atoms with Gasteiger partial charge in [-0.25, -0.2) is 4.79 Å². The third-order valence-electron chi connectivity index (χ3n) is 10.8. The van der Waals surface area contributed by atoms with Gasteiger partial charge in [0.15, 0.2) is 0 Å². The quantitative estimate of drug-likeness (QED) is 0.524. The third-order valence-corrected chi connectivity index (χ3v) is 10.8. The Morgan fingerprint density at radius 1 is 0.867 bits per heavy atom. The largest absolute Gasteiger partial charge is 0.428 e. The molecule has 3 fully saturated rings.